The van der Waals surface area contributed by atoms with Crippen molar-refractivity contribution < 1.29 is 23.4 Å². The molecule has 0 radical (unpaired) electrons. The molecule has 1 aromatic carbocycles. The third-order valence-corrected chi connectivity index (χ3v) is 4.87. The van der Waals surface area contributed by atoms with E-state index < -0.39 is 0 Å². The maximum atomic E-state index is 12.6. The molecule has 0 spiro atoms. The summed E-state index contributed by atoms with van der Waals surface area (Å²) in [7, 11) is 3.24. The van der Waals surface area contributed by atoms with Crippen molar-refractivity contribution in [1.82, 2.24) is 10.2 Å². The third-order valence-electron chi connectivity index (χ3n) is 4.87. The van der Waals surface area contributed by atoms with Gasteiger partial charge in [-0.15, -0.1) is 0 Å². The molecule has 7 heteroatoms. The normalized spacial score (nSPS) is 16.2. The summed E-state index contributed by atoms with van der Waals surface area (Å²) in [6.07, 6.45) is 4.30. The summed E-state index contributed by atoms with van der Waals surface area (Å²) in [5.74, 6) is 2.18. The van der Waals surface area contributed by atoms with Crippen LogP contribution in [0.15, 0.2) is 41.0 Å². The molecule has 1 N–H and O–H groups in total. The molecule has 2 amide bonds. The van der Waals surface area contributed by atoms with Crippen molar-refractivity contribution >= 4 is 6.03 Å². The van der Waals surface area contributed by atoms with Crippen molar-refractivity contribution in [3.8, 4) is 11.5 Å². The van der Waals surface area contributed by atoms with E-state index in [9.17, 15) is 4.79 Å². The zero-order valence-electron chi connectivity index (χ0n) is 16.5. The molecule has 1 saturated heterocycles. The van der Waals surface area contributed by atoms with Crippen LogP contribution in [0.4, 0.5) is 4.79 Å². The second-order valence-corrected chi connectivity index (χ2v) is 6.68. The van der Waals surface area contributed by atoms with Crippen LogP contribution in [0.3, 0.4) is 0 Å². The number of hydrogen-bond acceptors (Lipinski definition) is 5. The fraction of sp³-hybridized carbons (Fsp3) is 0.476. The van der Waals surface area contributed by atoms with E-state index in [-0.39, 0.29) is 12.1 Å². The Morgan fingerprint density at radius 2 is 2.11 bits per heavy atom. The van der Waals surface area contributed by atoms with Crippen molar-refractivity contribution in [1.29, 1.82) is 0 Å². The fourth-order valence-corrected chi connectivity index (χ4v) is 3.45. The van der Waals surface area contributed by atoms with Gasteiger partial charge in [-0.3, -0.25) is 0 Å². The van der Waals surface area contributed by atoms with Gasteiger partial charge in [-0.05, 0) is 49.1 Å². The van der Waals surface area contributed by atoms with Crippen LogP contribution >= 0.6 is 0 Å². The standard InChI is InChI=1S/C21H28N2O5/c1-25-19-9-8-16(14-20(19)26-2)18-7-3-11-23(18)21(24)22-10-5-12-27-15-17-6-4-13-28-17/h4,6,8-9,13-14,18H,3,5,7,10-12,15H2,1-2H3,(H,22,24). The molecule has 28 heavy (non-hydrogen) atoms. The molecule has 1 atom stereocenters. The largest absolute Gasteiger partial charge is 0.493 e. The first kappa shape index (κ1) is 20.1. The van der Waals surface area contributed by atoms with Gasteiger partial charge in [-0.2, -0.15) is 0 Å². The molecule has 1 aliphatic heterocycles. The summed E-state index contributed by atoms with van der Waals surface area (Å²) in [5, 5.41) is 3.00. The molecule has 1 aromatic heterocycles. The van der Waals surface area contributed by atoms with Gasteiger partial charge in [0.2, 0.25) is 0 Å². The Labute approximate surface area is 165 Å². The lowest BCUT2D eigenvalue weighted by atomic mass is 10.0. The molecular weight excluding hydrogens is 360 g/mol. The second-order valence-electron chi connectivity index (χ2n) is 6.68. The van der Waals surface area contributed by atoms with E-state index in [1.807, 2.05) is 35.2 Å². The van der Waals surface area contributed by atoms with Crippen LogP contribution in [-0.4, -0.2) is 44.8 Å². The summed E-state index contributed by atoms with van der Waals surface area (Å²) in [4.78, 5) is 14.5. The quantitative estimate of drug-likeness (QED) is 0.663. The van der Waals surface area contributed by atoms with Gasteiger partial charge in [-0.1, -0.05) is 6.07 Å². The monoisotopic (exact) mass is 388 g/mol. The molecule has 0 saturated carbocycles. The SMILES string of the molecule is COc1ccc(C2CCCN2C(=O)NCCCOCc2ccco2)cc1OC. The van der Waals surface area contributed by atoms with Gasteiger partial charge in [0.1, 0.15) is 12.4 Å². The number of benzene rings is 1. The van der Waals surface area contributed by atoms with Crippen molar-refractivity contribution in [2.75, 3.05) is 33.9 Å². The summed E-state index contributed by atoms with van der Waals surface area (Å²) < 4.78 is 21.4. The summed E-state index contributed by atoms with van der Waals surface area (Å²) in [5.41, 5.74) is 1.06. The molecule has 1 unspecified atom stereocenters. The zero-order chi connectivity index (χ0) is 19.8. The van der Waals surface area contributed by atoms with Gasteiger partial charge in [0.05, 0.1) is 26.5 Å². The molecule has 2 aromatic rings. The number of urea groups is 1. The predicted molar refractivity (Wildman–Crippen MR) is 105 cm³/mol. The molecular formula is C21H28N2O5. The maximum absolute atomic E-state index is 12.6. The smallest absolute Gasteiger partial charge is 0.317 e. The van der Waals surface area contributed by atoms with Gasteiger partial charge in [0, 0.05) is 19.7 Å². The van der Waals surface area contributed by atoms with Crippen LogP contribution in [0.2, 0.25) is 0 Å². The number of nitrogens with one attached hydrogen (secondary N) is 1. The lowest BCUT2D eigenvalue weighted by Crippen LogP contribution is -2.40. The highest BCUT2D eigenvalue weighted by Gasteiger charge is 2.30. The Morgan fingerprint density at radius 3 is 2.86 bits per heavy atom. The predicted octanol–water partition coefficient (Wildman–Crippen LogP) is 3.75. The van der Waals surface area contributed by atoms with E-state index in [0.29, 0.717) is 31.3 Å². The molecule has 1 fully saturated rings. The number of ether oxygens (including phenoxy) is 3. The number of methoxy groups -OCH3 is 2. The van der Waals surface area contributed by atoms with Crippen molar-refractivity contribution in [2.24, 2.45) is 0 Å². The van der Waals surface area contributed by atoms with Crippen LogP contribution in [0.5, 0.6) is 11.5 Å². The first-order chi connectivity index (χ1) is 13.7. The Kier molecular flexibility index (Phi) is 7.19. The number of carbonyl (C=O) groups excluding carboxylic acids is 1. The number of amides is 2. The maximum Gasteiger partial charge on any atom is 0.317 e. The molecule has 7 nitrogen and oxygen atoms in total. The molecule has 0 aliphatic carbocycles. The van der Waals surface area contributed by atoms with Crippen LogP contribution in [-0.2, 0) is 11.3 Å². The Bertz CT molecular complexity index is 747. The van der Waals surface area contributed by atoms with Crippen molar-refractivity contribution in [2.45, 2.75) is 31.9 Å². The van der Waals surface area contributed by atoms with Gasteiger partial charge < -0.3 is 28.8 Å². The van der Waals surface area contributed by atoms with Crippen molar-refractivity contribution in [3.05, 3.63) is 47.9 Å². The zero-order valence-corrected chi connectivity index (χ0v) is 16.5. The number of hydrogen-bond donors (Lipinski definition) is 1. The first-order valence-electron chi connectivity index (χ1n) is 9.59. The van der Waals surface area contributed by atoms with Crippen LogP contribution < -0.4 is 14.8 Å². The van der Waals surface area contributed by atoms with Crippen molar-refractivity contribution in [3.63, 3.8) is 0 Å². The van der Waals surface area contributed by atoms with E-state index >= 15 is 0 Å². The average molecular weight is 388 g/mol. The minimum atomic E-state index is -0.0386. The fourth-order valence-electron chi connectivity index (χ4n) is 3.45. The minimum Gasteiger partial charge on any atom is -0.493 e. The third kappa shape index (κ3) is 4.98. The van der Waals surface area contributed by atoms with Crippen LogP contribution in [0, 0.1) is 0 Å². The molecule has 152 valence electrons. The van der Waals surface area contributed by atoms with E-state index in [1.165, 1.54) is 0 Å². The number of carbonyl (C=O) groups is 1. The van der Waals surface area contributed by atoms with Gasteiger partial charge in [0.15, 0.2) is 11.5 Å². The Balaban J connectivity index is 1.46. The van der Waals surface area contributed by atoms with Gasteiger partial charge in [-0.25, -0.2) is 4.79 Å². The lowest BCUT2D eigenvalue weighted by Gasteiger charge is -2.26. The summed E-state index contributed by atoms with van der Waals surface area (Å²) in [6.45, 7) is 2.35. The van der Waals surface area contributed by atoms with E-state index in [4.69, 9.17) is 18.6 Å². The minimum absolute atomic E-state index is 0.0386. The average Bonchev–Trinajstić information content (AvgIpc) is 3.41. The summed E-state index contributed by atoms with van der Waals surface area (Å²) in [6, 6.07) is 9.57. The summed E-state index contributed by atoms with van der Waals surface area (Å²) >= 11 is 0. The number of nitrogens with zero attached hydrogens (tertiary/aromatic N) is 1. The highest BCUT2D eigenvalue weighted by Crippen LogP contribution is 2.36. The second kappa shape index (κ2) is 10.0. The highest BCUT2D eigenvalue weighted by atomic mass is 16.5. The topological polar surface area (TPSA) is 73.2 Å². The Morgan fingerprint density at radius 1 is 1.25 bits per heavy atom. The lowest BCUT2D eigenvalue weighted by molar-refractivity contribution is 0.104. The van der Waals surface area contributed by atoms with Gasteiger partial charge >= 0.3 is 6.03 Å². The highest BCUT2D eigenvalue weighted by molar-refractivity contribution is 5.75. The van der Waals surface area contributed by atoms with Crippen LogP contribution in [0.25, 0.3) is 0 Å². The van der Waals surface area contributed by atoms with Gasteiger partial charge in [0.25, 0.3) is 0 Å². The van der Waals surface area contributed by atoms with E-state index in [1.54, 1.807) is 20.5 Å². The van der Waals surface area contributed by atoms with Crippen LogP contribution in [0.1, 0.15) is 36.6 Å². The molecule has 3 rings (SSSR count). The number of rotatable bonds is 9. The number of likely N-dealkylation sites (tertiary alicyclic amines) is 1. The van der Waals surface area contributed by atoms with E-state index in [2.05, 4.69) is 5.32 Å². The Hall–Kier alpha value is -2.67. The molecule has 0 bridgehead atoms. The number of furan rings is 1. The molecule has 1 aliphatic rings. The van der Waals surface area contributed by atoms with E-state index in [0.717, 1.165) is 37.1 Å². The molecule has 2 heterocycles. The first-order valence-corrected chi connectivity index (χ1v) is 9.59.